The molecule has 0 amide bonds. The normalized spacial score (nSPS) is 26.7. The van der Waals surface area contributed by atoms with E-state index in [0.717, 1.165) is 0 Å². The van der Waals surface area contributed by atoms with Crippen molar-refractivity contribution in [1.29, 1.82) is 0 Å². The molecule has 0 fully saturated rings. The summed E-state index contributed by atoms with van der Waals surface area (Å²) in [7, 11) is 0. The second kappa shape index (κ2) is 7.12. The smallest absolute Gasteiger partial charge is 0.200 e. The first-order valence-electron chi connectivity index (χ1n) is 11.1. The zero-order valence-electron chi connectivity index (χ0n) is 18.1. The van der Waals surface area contributed by atoms with Gasteiger partial charge in [-0.25, -0.2) is 0 Å². The molecule has 0 saturated carbocycles. The molecule has 2 bridgehead atoms. The molecular formula is C26H21NO8. The van der Waals surface area contributed by atoms with Crippen molar-refractivity contribution in [2.24, 2.45) is 0 Å². The lowest BCUT2D eigenvalue weighted by atomic mass is 9.60. The number of aliphatic hydroxyl groups is 4. The van der Waals surface area contributed by atoms with Crippen LogP contribution in [0.25, 0.3) is 0 Å². The molecule has 5 unspecified atom stereocenters. The molecule has 35 heavy (non-hydrogen) atoms. The molecule has 3 aliphatic rings. The Labute approximate surface area is 198 Å². The highest BCUT2D eigenvalue weighted by Crippen LogP contribution is 2.60. The summed E-state index contributed by atoms with van der Waals surface area (Å²) in [6.07, 6.45) is -3.07. The van der Waals surface area contributed by atoms with Crippen LogP contribution >= 0.6 is 0 Å². The molecule has 5 atom stereocenters. The molecule has 1 heterocycles. The average Bonchev–Trinajstić information content (AvgIpc) is 2.84. The highest BCUT2D eigenvalue weighted by Gasteiger charge is 2.61. The summed E-state index contributed by atoms with van der Waals surface area (Å²) in [6.45, 7) is -0.814. The lowest BCUT2D eigenvalue weighted by Crippen LogP contribution is -2.61. The molecule has 3 aromatic carbocycles. The van der Waals surface area contributed by atoms with E-state index in [1.54, 1.807) is 24.3 Å². The van der Waals surface area contributed by atoms with E-state index in [9.17, 15) is 40.2 Å². The minimum absolute atomic E-state index is 0.0497. The number of fused-ring (bicyclic) bond motifs is 9. The molecule has 3 aromatic rings. The maximum Gasteiger partial charge on any atom is 0.200 e. The molecule has 9 nitrogen and oxygen atoms in total. The van der Waals surface area contributed by atoms with Gasteiger partial charge < -0.3 is 36.0 Å². The van der Waals surface area contributed by atoms with Gasteiger partial charge in [0.2, 0.25) is 0 Å². The topological polar surface area (TPSA) is 168 Å². The number of carbonyl (C=O) groups excluding carboxylic acids is 2. The summed E-state index contributed by atoms with van der Waals surface area (Å²) in [6, 6.07) is 10.9. The van der Waals surface area contributed by atoms with Gasteiger partial charge in [0.25, 0.3) is 0 Å². The van der Waals surface area contributed by atoms with Crippen molar-refractivity contribution in [2.45, 2.75) is 29.8 Å². The van der Waals surface area contributed by atoms with Crippen LogP contribution in [0.15, 0.2) is 48.5 Å². The Morgan fingerprint density at radius 2 is 1.60 bits per heavy atom. The number of rotatable bonds is 2. The van der Waals surface area contributed by atoms with Crippen LogP contribution in [0.5, 0.6) is 11.5 Å². The third-order valence-corrected chi connectivity index (χ3v) is 7.54. The summed E-state index contributed by atoms with van der Waals surface area (Å²) >= 11 is 0. The summed E-state index contributed by atoms with van der Waals surface area (Å²) in [5.74, 6) is -3.57. The average molecular weight is 475 g/mol. The quantitative estimate of drug-likeness (QED) is 0.211. The molecule has 1 aliphatic heterocycles. The van der Waals surface area contributed by atoms with Crippen LogP contribution in [0.2, 0.25) is 0 Å². The molecule has 9 heteroatoms. The number of hydrogen-bond donors (Lipinski definition) is 7. The molecular weight excluding hydrogens is 454 g/mol. The second-order valence-corrected chi connectivity index (χ2v) is 9.18. The maximum absolute atomic E-state index is 13.6. The molecule has 2 aliphatic carbocycles. The molecule has 6 rings (SSSR count). The summed E-state index contributed by atoms with van der Waals surface area (Å²) in [5, 5.41) is 68.0. The van der Waals surface area contributed by atoms with Crippen LogP contribution in [0.4, 0.5) is 5.69 Å². The number of aliphatic hydroxyl groups excluding tert-OH is 3. The zero-order chi connectivity index (χ0) is 24.8. The van der Waals surface area contributed by atoms with E-state index < -0.39 is 59.4 Å². The minimum Gasteiger partial charge on any atom is -0.507 e. The van der Waals surface area contributed by atoms with Crippen molar-refractivity contribution in [1.82, 2.24) is 0 Å². The lowest BCUT2D eigenvalue weighted by molar-refractivity contribution is -0.151. The predicted octanol–water partition coefficient (Wildman–Crippen LogP) is 1.25. The highest BCUT2D eigenvalue weighted by atomic mass is 16.4. The summed E-state index contributed by atoms with van der Waals surface area (Å²) < 4.78 is 0. The zero-order valence-corrected chi connectivity index (χ0v) is 18.1. The largest absolute Gasteiger partial charge is 0.507 e. The maximum atomic E-state index is 13.6. The van der Waals surface area contributed by atoms with E-state index in [4.69, 9.17) is 0 Å². The lowest BCUT2D eigenvalue weighted by Gasteiger charge is -2.55. The number of anilines is 1. The Balaban J connectivity index is 1.67. The Morgan fingerprint density at radius 3 is 2.31 bits per heavy atom. The van der Waals surface area contributed by atoms with Crippen LogP contribution in [-0.4, -0.2) is 60.5 Å². The van der Waals surface area contributed by atoms with Gasteiger partial charge in [0, 0.05) is 5.56 Å². The van der Waals surface area contributed by atoms with Gasteiger partial charge in [0.15, 0.2) is 11.6 Å². The van der Waals surface area contributed by atoms with Crippen LogP contribution in [0, 0.1) is 0 Å². The third kappa shape index (κ3) is 2.55. The van der Waals surface area contributed by atoms with Gasteiger partial charge in [-0.15, -0.1) is 0 Å². The van der Waals surface area contributed by atoms with Crippen LogP contribution in [0.1, 0.15) is 66.6 Å². The number of ketones is 2. The Bertz CT molecular complexity index is 1450. The number of benzene rings is 3. The van der Waals surface area contributed by atoms with E-state index in [2.05, 4.69) is 5.32 Å². The number of phenols is 2. The van der Waals surface area contributed by atoms with Crippen LogP contribution in [-0.2, 0) is 0 Å². The molecule has 0 aromatic heterocycles. The fourth-order valence-corrected chi connectivity index (χ4v) is 5.98. The van der Waals surface area contributed by atoms with Crippen molar-refractivity contribution in [3.05, 3.63) is 87.5 Å². The van der Waals surface area contributed by atoms with Crippen molar-refractivity contribution in [3.63, 3.8) is 0 Å². The van der Waals surface area contributed by atoms with E-state index in [1.165, 1.54) is 24.3 Å². The molecule has 0 spiro atoms. The number of phenolic OH excluding ortho intramolecular Hbond substituents is 2. The fraction of sp³-hybridized carbons (Fsp3) is 0.231. The molecule has 7 N–H and O–H groups in total. The van der Waals surface area contributed by atoms with Gasteiger partial charge in [0.05, 0.1) is 47.0 Å². The van der Waals surface area contributed by atoms with Gasteiger partial charge in [0.1, 0.15) is 23.2 Å². The Kier molecular flexibility index (Phi) is 4.43. The van der Waals surface area contributed by atoms with Crippen molar-refractivity contribution in [3.8, 4) is 11.5 Å². The van der Waals surface area contributed by atoms with Crippen molar-refractivity contribution < 1.29 is 40.2 Å². The van der Waals surface area contributed by atoms with Crippen molar-refractivity contribution in [2.75, 3.05) is 11.9 Å². The minimum atomic E-state index is -2.13. The standard InChI is InChI=1S/C26H21NO8/c28-9-16(31)26(35)20-13-8-15(30)18-19(24(34)17-12(22(18)32)6-3-7-14(17)29)21(13)27-25(26)11-5-2-1-4-10(11)23(20)33/h1-8,16,20,23,25,27-31,33,35H,9H2. The van der Waals surface area contributed by atoms with E-state index >= 15 is 0 Å². The number of aromatic hydroxyl groups is 2. The van der Waals surface area contributed by atoms with Crippen LogP contribution < -0.4 is 5.32 Å². The summed E-state index contributed by atoms with van der Waals surface area (Å²) in [5.41, 5.74) is -1.73. The van der Waals surface area contributed by atoms with Crippen molar-refractivity contribution >= 4 is 17.3 Å². The molecule has 0 radical (unpaired) electrons. The van der Waals surface area contributed by atoms with Gasteiger partial charge in [-0.2, -0.15) is 0 Å². The van der Waals surface area contributed by atoms with E-state index in [-0.39, 0.29) is 33.5 Å². The third-order valence-electron chi connectivity index (χ3n) is 7.54. The van der Waals surface area contributed by atoms with Gasteiger partial charge in [-0.1, -0.05) is 36.4 Å². The fourth-order valence-electron chi connectivity index (χ4n) is 5.98. The monoisotopic (exact) mass is 475 g/mol. The first kappa shape index (κ1) is 21.8. The first-order chi connectivity index (χ1) is 16.7. The van der Waals surface area contributed by atoms with E-state index in [0.29, 0.717) is 11.1 Å². The summed E-state index contributed by atoms with van der Waals surface area (Å²) in [4.78, 5) is 26.9. The van der Waals surface area contributed by atoms with E-state index in [1.807, 2.05) is 0 Å². The second-order valence-electron chi connectivity index (χ2n) is 9.18. The number of hydrogen-bond acceptors (Lipinski definition) is 9. The molecule has 0 saturated heterocycles. The Hall–Kier alpha value is -3.76. The first-order valence-corrected chi connectivity index (χ1v) is 11.1. The van der Waals surface area contributed by atoms with Gasteiger partial charge in [-0.3, -0.25) is 9.59 Å². The number of nitrogens with one attached hydrogen (secondary N) is 1. The number of carbonyl (C=O) groups is 2. The SMILES string of the molecule is O=C1c2cccc(O)c2C(=O)c2c3c(cc(O)c21)C1C(O)c2ccccc2C(N3)C1(O)C(O)CO. The van der Waals surface area contributed by atoms with Gasteiger partial charge >= 0.3 is 0 Å². The Morgan fingerprint density at radius 1 is 0.886 bits per heavy atom. The predicted molar refractivity (Wildman–Crippen MR) is 122 cm³/mol. The highest BCUT2D eigenvalue weighted by molar-refractivity contribution is 6.32. The molecule has 178 valence electrons. The van der Waals surface area contributed by atoms with Gasteiger partial charge in [-0.05, 0) is 28.8 Å². The van der Waals surface area contributed by atoms with Crippen LogP contribution in [0.3, 0.4) is 0 Å².